The molecule has 0 aromatic heterocycles. The Morgan fingerprint density at radius 3 is 2.55 bits per heavy atom. The number of benzene rings is 1. The van der Waals surface area contributed by atoms with Gasteiger partial charge in [-0.3, -0.25) is 14.9 Å². The lowest BCUT2D eigenvalue weighted by Crippen LogP contribution is -2.47. The second-order valence-corrected chi connectivity index (χ2v) is 7.88. The fourth-order valence-electron chi connectivity index (χ4n) is 3.17. The van der Waals surface area contributed by atoms with Crippen LogP contribution < -0.4 is 15.4 Å². The van der Waals surface area contributed by atoms with Crippen molar-refractivity contribution in [2.75, 3.05) is 32.6 Å². The highest BCUT2D eigenvalue weighted by molar-refractivity contribution is 5.97. The summed E-state index contributed by atoms with van der Waals surface area (Å²) in [5.41, 5.74) is -0.323. The molecule has 10 nitrogen and oxygen atoms in total. The molecule has 0 unspecified atom stereocenters. The van der Waals surface area contributed by atoms with Gasteiger partial charge in [-0.05, 0) is 39.7 Å². The minimum Gasteiger partial charge on any atom is -0.494 e. The van der Waals surface area contributed by atoms with Gasteiger partial charge in [-0.15, -0.1) is 0 Å². The Morgan fingerprint density at radius 1 is 1.31 bits per heavy atom. The molecule has 2 amide bonds. The van der Waals surface area contributed by atoms with E-state index in [0.29, 0.717) is 19.4 Å². The molecule has 1 fully saturated rings. The highest BCUT2D eigenvalue weighted by Crippen LogP contribution is 2.36. The van der Waals surface area contributed by atoms with Crippen LogP contribution in [-0.2, 0) is 4.74 Å². The topological polar surface area (TPSA) is 123 Å². The normalized spacial score (nSPS) is 16.7. The Kier molecular flexibility index (Phi) is 6.89. The number of alkyl carbamates (subject to hydrolysis) is 1. The van der Waals surface area contributed by atoms with Crippen LogP contribution in [0.15, 0.2) is 12.1 Å². The van der Waals surface area contributed by atoms with Crippen molar-refractivity contribution >= 4 is 23.4 Å². The molecule has 0 aliphatic carbocycles. The zero-order valence-electron chi connectivity index (χ0n) is 17.4. The second-order valence-electron chi connectivity index (χ2n) is 7.88. The number of likely N-dealkylation sites (tertiary alicyclic amines) is 1. The molecule has 1 heterocycles. The number of nitro groups is 1. The number of rotatable bonds is 5. The van der Waals surface area contributed by atoms with Crippen LogP contribution in [0.1, 0.15) is 44.0 Å². The van der Waals surface area contributed by atoms with E-state index in [1.165, 1.54) is 24.1 Å². The molecule has 0 spiro atoms. The van der Waals surface area contributed by atoms with Gasteiger partial charge in [-0.2, -0.15) is 0 Å². The van der Waals surface area contributed by atoms with Crippen LogP contribution in [0.4, 0.5) is 16.2 Å². The van der Waals surface area contributed by atoms with E-state index in [2.05, 4.69) is 10.6 Å². The minimum atomic E-state index is -0.565. The Bertz CT molecular complexity index is 790. The van der Waals surface area contributed by atoms with Crippen LogP contribution in [-0.4, -0.2) is 60.7 Å². The van der Waals surface area contributed by atoms with Crippen LogP contribution >= 0.6 is 0 Å². The SMILES string of the molecule is CNc1c(OC)cc(C(=O)N2CCC[C@@H](OC(=O)NC(C)(C)C)C2)cc1[N+](=O)[O-]. The molecule has 1 saturated heterocycles. The van der Waals surface area contributed by atoms with Gasteiger partial charge in [0.2, 0.25) is 0 Å². The number of hydrogen-bond acceptors (Lipinski definition) is 7. The van der Waals surface area contributed by atoms with Gasteiger partial charge in [-0.25, -0.2) is 4.79 Å². The lowest BCUT2D eigenvalue weighted by molar-refractivity contribution is -0.384. The third kappa shape index (κ3) is 5.72. The number of nitro benzene ring substituents is 1. The number of carbonyl (C=O) groups excluding carboxylic acids is 2. The molecule has 0 radical (unpaired) electrons. The van der Waals surface area contributed by atoms with Crippen molar-refractivity contribution in [2.24, 2.45) is 0 Å². The number of piperidine rings is 1. The van der Waals surface area contributed by atoms with Crippen molar-refractivity contribution in [3.8, 4) is 5.75 Å². The van der Waals surface area contributed by atoms with Crippen molar-refractivity contribution in [1.82, 2.24) is 10.2 Å². The molecule has 1 aliphatic heterocycles. The van der Waals surface area contributed by atoms with Crippen LogP contribution in [0.2, 0.25) is 0 Å². The van der Waals surface area contributed by atoms with Crippen LogP contribution in [0.5, 0.6) is 5.75 Å². The second kappa shape index (κ2) is 8.97. The molecule has 2 N–H and O–H groups in total. The molecule has 1 aromatic rings. The summed E-state index contributed by atoms with van der Waals surface area (Å²) >= 11 is 0. The van der Waals surface area contributed by atoms with E-state index in [-0.39, 0.29) is 35.1 Å². The van der Waals surface area contributed by atoms with Gasteiger partial charge < -0.3 is 25.0 Å². The summed E-state index contributed by atoms with van der Waals surface area (Å²) in [5.74, 6) is -0.169. The third-order valence-corrected chi connectivity index (χ3v) is 4.41. The van der Waals surface area contributed by atoms with Gasteiger partial charge in [0.25, 0.3) is 11.6 Å². The van der Waals surface area contributed by atoms with Gasteiger partial charge in [0.05, 0.1) is 24.1 Å². The quantitative estimate of drug-likeness (QED) is 0.567. The average Bonchev–Trinajstić information content (AvgIpc) is 2.64. The van der Waals surface area contributed by atoms with E-state index in [1.807, 2.05) is 20.8 Å². The van der Waals surface area contributed by atoms with Crippen molar-refractivity contribution in [3.05, 3.63) is 27.8 Å². The average molecular weight is 408 g/mol. The third-order valence-electron chi connectivity index (χ3n) is 4.41. The number of nitrogens with zero attached hydrogens (tertiary/aromatic N) is 2. The van der Waals surface area contributed by atoms with Gasteiger partial charge in [0.1, 0.15) is 11.9 Å². The maximum Gasteiger partial charge on any atom is 0.407 e. The van der Waals surface area contributed by atoms with Crippen molar-refractivity contribution < 1.29 is 24.0 Å². The molecule has 160 valence electrons. The summed E-state index contributed by atoms with van der Waals surface area (Å²) in [7, 11) is 2.92. The van der Waals surface area contributed by atoms with E-state index < -0.39 is 22.7 Å². The predicted octanol–water partition coefficient (Wildman–Crippen LogP) is 2.77. The summed E-state index contributed by atoms with van der Waals surface area (Å²) in [6, 6.07) is 2.70. The number of hydrogen-bond donors (Lipinski definition) is 2. The number of nitrogens with one attached hydrogen (secondary N) is 2. The highest BCUT2D eigenvalue weighted by atomic mass is 16.6. The summed E-state index contributed by atoms with van der Waals surface area (Å²) < 4.78 is 10.7. The van der Waals surface area contributed by atoms with E-state index in [4.69, 9.17) is 9.47 Å². The first-order valence-electron chi connectivity index (χ1n) is 9.38. The van der Waals surface area contributed by atoms with Crippen molar-refractivity contribution in [1.29, 1.82) is 0 Å². The van der Waals surface area contributed by atoms with Gasteiger partial charge in [-0.1, -0.05) is 0 Å². The number of ether oxygens (including phenoxy) is 2. The maximum absolute atomic E-state index is 13.0. The standard InChI is InChI=1S/C19H28N4O6/c1-19(2,3)21-18(25)29-13-7-6-8-22(11-13)17(24)12-9-14(23(26)27)16(20-4)15(10-12)28-5/h9-10,13,20H,6-8,11H2,1-5H3,(H,21,25)/t13-/m1/s1. The molecule has 0 bridgehead atoms. The number of carbonyl (C=O) groups is 2. The maximum atomic E-state index is 13.0. The summed E-state index contributed by atoms with van der Waals surface area (Å²) in [6.45, 7) is 6.24. The van der Waals surface area contributed by atoms with Crippen molar-refractivity contribution in [2.45, 2.75) is 45.3 Å². The zero-order chi connectivity index (χ0) is 21.8. The Balaban J connectivity index is 2.18. The van der Waals surface area contributed by atoms with E-state index >= 15 is 0 Å². The highest BCUT2D eigenvalue weighted by Gasteiger charge is 2.30. The molecule has 1 atom stereocenters. The van der Waals surface area contributed by atoms with Crippen LogP contribution in [0.3, 0.4) is 0 Å². The smallest absolute Gasteiger partial charge is 0.407 e. The zero-order valence-corrected chi connectivity index (χ0v) is 17.4. The first-order chi connectivity index (χ1) is 13.6. The minimum absolute atomic E-state index is 0.146. The lowest BCUT2D eigenvalue weighted by atomic mass is 10.1. The van der Waals surface area contributed by atoms with E-state index in [9.17, 15) is 19.7 Å². The summed E-state index contributed by atoms with van der Waals surface area (Å²) in [4.78, 5) is 37.4. The fourth-order valence-corrected chi connectivity index (χ4v) is 3.17. The molecule has 1 aromatic carbocycles. The largest absolute Gasteiger partial charge is 0.494 e. The van der Waals surface area contributed by atoms with Crippen LogP contribution in [0, 0.1) is 10.1 Å². The molecular formula is C19H28N4O6. The Hall–Kier alpha value is -3.04. The molecule has 2 rings (SSSR count). The molecular weight excluding hydrogens is 380 g/mol. The molecule has 0 saturated carbocycles. The first kappa shape index (κ1) is 22.3. The molecule has 10 heteroatoms. The van der Waals surface area contributed by atoms with Gasteiger partial charge in [0.15, 0.2) is 5.69 Å². The summed E-state index contributed by atoms with van der Waals surface area (Å²) in [5, 5.41) is 16.9. The molecule has 1 aliphatic rings. The Morgan fingerprint density at radius 2 is 2.00 bits per heavy atom. The van der Waals surface area contributed by atoms with Gasteiger partial charge >= 0.3 is 6.09 Å². The predicted molar refractivity (Wildman–Crippen MR) is 107 cm³/mol. The van der Waals surface area contributed by atoms with E-state index in [0.717, 1.165) is 0 Å². The summed E-state index contributed by atoms with van der Waals surface area (Å²) in [6.07, 6.45) is 0.326. The Labute approximate surface area is 169 Å². The molecule has 29 heavy (non-hydrogen) atoms. The van der Waals surface area contributed by atoms with Crippen LogP contribution in [0.25, 0.3) is 0 Å². The number of amides is 2. The fraction of sp³-hybridized carbons (Fsp3) is 0.579. The number of methoxy groups -OCH3 is 1. The number of anilines is 1. The van der Waals surface area contributed by atoms with Gasteiger partial charge in [0, 0.05) is 25.2 Å². The monoisotopic (exact) mass is 408 g/mol. The van der Waals surface area contributed by atoms with Crippen molar-refractivity contribution in [3.63, 3.8) is 0 Å². The van der Waals surface area contributed by atoms with E-state index in [1.54, 1.807) is 7.05 Å². The lowest BCUT2D eigenvalue weighted by Gasteiger charge is -2.33. The first-order valence-corrected chi connectivity index (χ1v) is 9.38.